The fourth-order valence-electron chi connectivity index (χ4n) is 3.26. The second-order valence-electron chi connectivity index (χ2n) is 5.73. The van der Waals surface area contributed by atoms with Gasteiger partial charge in [-0.1, -0.05) is 30.3 Å². The number of hydrogen-bond acceptors (Lipinski definition) is 3. The van der Waals surface area contributed by atoms with E-state index in [1.807, 2.05) is 0 Å². The van der Waals surface area contributed by atoms with E-state index < -0.39 is 0 Å². The van der Waals surface area contributed by atoms with Crippen molar-refractivity contribution in [2.45, 2.75) is 25.4 Å². The van der Waals surface area contributed by atoms with Gasteiger partial charge in [-0.2, -0.15) is 0 Å². The van der Waals surface area contributed by atoms with E-state index in [4.69, 9.17) is 4.74 Å². The van der Waals surface area contributed by atoms with Gasteiger partial charge >= 0.3 is 0 Å². The molecule has 2 saturated heterocycles. The minimum absolute atomic E-state index is 0.654. The molecule has 0 aromatic heterocycles. The van der Waals surface area contributed by atoms with Gasteiger partial charge < -0.3 is 10.1 Å². The number of nitrogens with one attached hydrogen (secondary N) is 1. The second-order valence-corrected chi connectivity index (χ2v) is 5.73. The normalized spacial score (nSPS) is 26.4. The molecule has 0 radical (unpaired) electrons. The Hall–Kier alpha value is -0.900. The monoisotopic (exact) mass is 260 g/mol. The predicted octanol–water partition coefficient (Wildman–Crippen LogP) is 1.89. The Morgan fingerprint density at radius 2 is 1.95 bits per heavy atom. The third-order valence-corrected chi connectivity index (χ3v) is 4.37. The summed E-state index contributed by atoms with van der Waals surface area (Å²) in [6, 6.07) is 11.5. The molecule has 3 heteroatoms. The molecule has 0 aliphatic carbocycles. The highest BCUT2D eigenvalue weighted by atomic mass is 16.5. The Bertz CT molecular complexity index is 376. The van der Waals surface area contributed by atoms with Crippen molar-refractivity contribution in [2.75, 3.05) is 32.8 Å². The fourth-order valence-corrected chi connectivity index (χ4v) is 3.26. The first-order valence-corrected chi connectivity index (χ1v) is 7.49. The third-order valence-electron chi connectivity index (χ3n) is 4.37. The van der Waals surface area contributed by atoms with Crippen LogP contribution < -0.4 is 5.32 Å². The van der Waals surface area contributed by atoms with Crippen LogP contribution in [0.2, 0.25) is 0 Å². The van der Waals surface area contributed by atoms with E-state index in [0.29, 0.717) is 6.04 Å². The minimum atomic E-state index is 0.654. The molecule has 2 heterocycles. The van der Waals surface area contributed by atoms with Gasteiger partial charge in [-0.25, -0.2) is 0 Å². The SMILES string of the molecule is c1ccc(CN2CCN[C@H](C3CCOCC3)C2)cc1. The number of nitrogens with zero attached hydrogens (tertiary/aromatic N) is 1. The number of piperazine rings is 1. The summed E-state index contributed by atoms with van der Waals surface area (Å²) in [4.78, 5) is 2.59. The molecule has 0 spiro atoms. The maximum Gasteiger partial charge on any atom is 0.0469 e. The smallest absolute Gasteiger partial charge is 0.0469 e. The van der Waals surface area contributed by atoms with Crippen LogP contribution >= 0.6 is 0 Å². The van der Waals surface area contributed by atoms with E-state index in [1.165, 1.54) is 24.9 Å². The summed E-state index contributed by atoms with van der Waals surface area (Å²) in [6.45, 7) is 6.44. The van der Waals surface area contributed by atoms with Gasteiger partial charge in [0.2, 0.25) is 0 Å². The zero-order valence-electron chi connectivity index (χ0n) is 11.6. The molecule has 3 rings (SSSR count). The molecule has 1 N–H and O–H groups in total. The number of rotatable bonds is 3. The summed E-state index contributed by atoms with van der Waals surface area (Å²) in [5, 5.41) is 3.71. The van der Waals surface area contributed by atoms with E-state index in [2.05, 4.69) is 40.5 Å². The summed E-state index contributed by atoms with van der Waals surface area (Å²) in [5.41, 5.74) is 1.43. The standard InChI is InChI=1S/C16H24N2O/c1-2-4-14(5-3-1)12-18-9-8-17-16(13-18)15-6-10-19-11-7-15/h1-5,15-17H,6-13H2/t16-/m0/s1. The molecule has 0 saturated carbocycles. The molecule has 0 amide bonds. The average molecular weight is 260 g/mol. The molecule has 1 atom stereocenters. The fraction of sp³-hybridized carbons (Fsp3) is 0.625. The maximum atomic E-state index is 5.47. The summed E-state index contributed by atoms with van der Waals surface area (Å²) in [5.74, 6) is 0.798. The zero-order valence-corrected chi connectivity index (χ0v) is 11.6. The first kappa shape index (κ1) is 13.1. The summed E-state index contributed by atoms with van der Waals surface area (Å²) < 4.78 is 5.47. The number of hydrogen-bond donors (Lipinski definition) is 1. The number of ether oxygens (including phenoxy) is 1. The predicted molar refractivity (Wildman–Crippen MR) is 77.1 cm³/mol. The van der Waals surface area contributed by atoms with Crippen molar-refractivity contribution in [1.29, 1.82) is 0 Å². The van der Waals surface area contributed by atoms with Gasteiger partial charge in [0.1, 0.15) is 0 Å². The molecule has 0 bridgehead atoms. The van der Waals surface area contributed by atoms with Crippen LogP contribution in [0.25, 0.3) is 0 Å². The minimum Gasteiger partial charge on any atom is -0.381 e. The van der Waals surface area contributed by atoms with Crippen LogP contribution in [0.5, 0.6) is 0 Å². The van der Waals surface area contributed by atoms with E-state index in [-0.39, 0.29) is 0 Å². The van der Waals surface area contributed by atoms with Crippen molar-refractivity contribution in [2.24, 2.45) is 5.92 Å². The van der Waals surface area contributed by atoms with Gasteiger partial charge in [-0.05, 0) is 24.3 Å². The van der Waals surface area contributed by atoms with Crippen LogP contribution in [0.3, 0.4) is 0 Å². The summed E-state index contributed by atoms with van der Waals surface area (Å²) in [7, 11) is 0. The molecular formula is C16H24N2O. The molecule has 2 fully saturated rings. The summed E-state index contributed by atoms with van der Waals surface area (Å²) >= 11 is 0. The molecule has 104 valence electrons. The first-order chi connectivity index (χ1) is 9.42. The molecule has 1 aromatic carbocycles. The lowest BCUT2D eigenvalue weighted by Gasteiger charge is -2.39. The molecule has 2 aliphatic heterocycles. The Morgan fingerprint density at radius 1 is 1.16 bits per heavy atom. The molecule has 3 nitrogen and oxygen atoms in total. The topological polar surface area (TPSA) is 24.5 Å². The van der Waals surface area contributed by atoms with Crippen LogP contribution in [-0.2, 0) is 11.3 Å². The van der Waals surface area contributed by atoms with E-state index in [9.17, 15) is 0 Å². The van der Waals surface area contributed by atoms with Crippen LogP contribution in [0, 0.1) is 5.92 Å². The first-order valence-electron chi connectivity index (χ1n) is 7.49. The van der Waals surface area contributed by atoms with Gasteiger partial charge in [0.05, 0.1) is 0 Å². The highest BCUT2D eigenvalue weighted by Crippen LogP contribution is 2.21. The van der Waals surface area contributed by atoms with E-state index in [1.54, 1.807) is 0 Å². The van der Waals surface area contributed by atoms with Crippen molar-refractivity contribution in [3.63, 3.8) is 0 Å². The Kier molecular flexibility index (Phi) is 4.49. The van der Waals surface area contributed by atoms with Gasteiger partial charge in [-0.15, -0.1) is 0 Å². The lowest BCUT2D eigenvalue weighted by atomic mass is 9.90. The van der Waals surface area contributed by atoms with Crippen LogP contribution in [-0.4, -0.2) is 43.8 Å². The lowest BCUT2D eigenvalue weighted by Crippen LogP contribution is -2.54. The lowest BCUT2D eigenvalue weighted by molar-refractivity contribution is 0.0399. The maximum absolute atomic E-state index is 5.47. The molecule has 1 aromatic rings. The zero-order chi connectivity index (χ0) is 12.9. The van der Waals surface area contributed by atoms with Crippen LogP contribution in [0.1, 0.15) is 18.4 Å². The van der Waals surface area contributed by atoms with E-state index >= 15 is 0 Å². The quantitative estimate of drug-likeness (QED) is 0.898. The van der Waals surface area contributed by atoms with Gasteiger partial charge in [0, 0.05) is 45.4 Å². The largest absolute Gasteiger partial charge is 0.381 e. The van der Waals surface area contributed by atoms with E-state index in [0.717, 1.165) is 38.8 Å². The van der Waals surface area contributed by atoms with Crippen LogP contribution in [0.4, 0.5) is 0 Å². The summed E-state index contributed by atoms with van der Waals surface area (Å²) in [6.07, 6.45) is 2.44. The van der Waals surface area contributed by atoms with Gasteiger partial charge in [0.15, 0.2) is 0 Å². The molecule has 19 heavy (non-hydrogen) atoms. The Balaban J connectivity index is 1.55. The van der Waals surface area contributed by atoms with Gasteiger partial charge in [0.25, 0.3) is 0 Å². The molecule has 2 aliphatic rings. The average Bonchev–Trinajstić information content (AvgIpc) is 2.49. The second kappa shape index (κ2) is 6.51. The highest BCUT2D eigenvalue weighted by Gasteiger charge is 2.28. The molecular weight excluding hydrogens is 236 g/mol. The van der Waals surface area contributed by atoms with Crippen LogP contribution in [0.15, 0.2) is 30.3 Å². The van der Waals surface area contributed by atoms with Crippen molar-refractivity contribution < 1.29 is 4.74 Å². The molecule has 0 unspecified atom stereocenters. The Morgan fingerprint density at radius 3 is 2.74 bits per heavy atom. The van der Waals surface area contributed by atoms with Gasteiger partial charge in [-0.3, -0.25) is 4.90 Å². The van der Waals surface area contributed by atoms with Crippen molar-refractivity contribution >= 4 is 0 Å². The number of benzene rings is 1. The third kappa shape index (κ3) is 3.56. The van der Waals surface area contributed by atoms with Crippen molar-refractivity contribution in [1.82, 2.24) is 10.2 Å². The highest BCUT2D eigenvalue weighted by molar-refractivity contribution is 5.14. The van der Waals surface area contributed by atoms with Crippen molar-refractivity contribution in [3.8, 4) is 0 Å². The van der Waals surface area contributed by atoms with Crippen molar-refractivity contribution in [3.05, 3.63) is 35.9 Å². The Labute approximate surface area is 115 Å².